The number of ketones is 1. The van der Waals surface area contributed by atoms with Crippen LogP contribution in [-0.2, 0) is 20.7 Å². The lowest BCUT2D eigenvalue weighted by Gasteiger charge is -2.23. The number of carboxylic acid groups (broad SMARTS) is 1. The van der Waals surface area contributed by atoms with Crippen LogP contribution in [0, 0.1) is 60.2 Å². The van der Waals surface area contributed by atoms with Crippen LogP contribution in [0.15, 0.2) is 34.5 Å². The summed E-state index contributed by atoms with van der Waals surface area (Å²) < 4.78 is 38.5. The van der Waals surface area contributed by atoms with Gasteiger partial charge in [-0.1, -0.05) is 19.6 Å². The fourth-order valence-electron chi connectivity index (χ4n) is 6.72. The van der Waals surface area contributed by atoms with E-state index < -0.39 is 47.1 Å². The molecule has 0 heterocycles. The molecule has 2 N–H and O–H groups in total. The average molecular weight is 808 g/mol. The third-order valence-electron chi connectivity index (χ3n) is 9.87. The van der Waals surface area contributed by atoms with Crippen molar-refractivity contribution in [3.05, 3.63) is 107 Å². The van der Waals surface area contributed by atoms with Crippen LogP contribution in [0.4, 0.5) is 4.39 Å². The molecule has 0 radical (unpaired) electrons. The van der Waals surface area contributed by atoms with Crippen molar-refractivity contribution in [2.75, 3.05) is 7.11 Å². The number of carboxylic acids is 1. The Bertz CT molecular complexity index is 2230. The lowest BCUT2D eigenvalue weighted by molar-refractivity contribution is -0.137. The molecule has 1 atom stereocenters. The summed E-state index contributed by atoms with van der Waals surface area (Å²) in [7, 11) is 1.31. The number of halogens is 2. The Kier molecular flexibility index (Phi) is 12.1. The molecule has 0 aliphatic heterocycles. The third kappa shape index (κ3) is 7.07. The molecule has 11 nitrogen and oxygen atoms in total. The van der Waals surface area contributed by atoms with Crippen LogP contribution in [-0.4, -0.2) is 47.0 Å². The molecular weight excluding hydrogens is 767 g/mol. The van der Waals surface area contributed by atoms with Gasteiger partial charge >= 0.3 is 23.9 Å². The van der Waals surface area contributed by atoms with E-state index in [0.29, 0.717) is 34.2 Å². The molecule has 0 saturated heterocycles. The predicted octanol–water partition coefficient (Wildman–Crippen LogP) is 8.38. The van der Waals surface area contributed by atoms with Gasteiger partial charge in [-0.15, -0.1) is 0 Å². The molecule has 1 aliphatic carbocycles. The number of phenols is 1. The quantitative estimate of drug-likeness (QED) is 0.150. The van der Waals surface area contributed by atoms with Crippen LogP contribution in [0.3, 0.4) is 0 Å². The first-order valence-electron chi connectivity index (χ1n) is 16.7. The van der Waals surface area contributed by atoms with Gasteiger partial charge in [0.1, 0.15) is 33.2 Å². The molecule has 0 spiro atoms. The average Bonchev–Trinajstić information content (AvgIpc) is 3.10. The smallest absolute Gasteiger partial charge is 0.347 e. The van der Waals surface area contributed by atoms with Gasteiger partial charge in [0.25, 0.3) is 0 Å². The van der Waals surface area contributed by atoms with Crippen molar-refractivity contribution in [1.82, 2.24) is 0 Å². The minimum absolute atomic E-state index is 0.0331. The number of aromatic hydroxyl groups is 1. The molecule has 3 aromatic rings. The second kappa shape index (κ2) is 15.8. The molecule has 0 aromatic heterocycles. The molecule has 0 amide bonds. The fraction of sp³-hybridized carbons (Fsp3) is 0.293. The molecule has 0 bridgehead atoms. The summed E-state index contributed by atoms with van der Waals surface area (Å²) >= 11 is 3.21. The van der Waals surface area contributed by atoms with Crippen molar-refractivity contribution in [2.24, 2.45) is 5.92 Å². The molecule has 0 fully saturated rings. The summed E-state index contributed by atoms with van der Waals surface area (Å²) in [6.07, 6.45) is 4.01. The Morgan fingerprint density at radius 1 is 0.796 bits per heavy atom. The maximum Gasteiger partial charge on any atom is 0.347 e. The summed E-state index contributed by atoms with van der Waals surface area (Å²) in [5.74, 6) is -7.53. The first kappa shape index (κ1) is 41.2. The Morgan fingerprint density at radius 2 is 1.35 bits per heavy atom. The largest absolute Gasteiger partial charge is 0.506 e. The number of methoxy groups -OCH3 is 1. The number of hydrogen-bond acceptors (Lipinski definition) is 10. The van der Waals surface area contributed by atoms with Gasteiger partial charge in [-0.25, -0.2) is 18.8 Å². The van der Waals surface area contributed by atoms with Gasteiger partial charge < -0.3 is 29.2 Å². The van der Waals surface area contributed by atoms with Gasteiger partial charge in [-0.05, 0) is 128 Å². The highest BCUT2D eigenvalue weighted by Gasteiger charge is 2.35. The van der Waals surface area contributed by atoms with Gasteiger partial charge in [0.2, 0.25) is 0 Å². The lowest BCUT2D eigenvalue weighted by atomic mass is 9.91. The van der Waals surface area contributed by atoms with Crippen LogP contribution < -0.4 is 14.2 Å². The van der Waals surface area contributed by atoms with E-state index >= 15 is 4.39 Å². The summed E-state index contributed by atoms with van der Waals surface area (Å²) in [5.41, 5.74) is 2.17. The number of carbonyl (C=O) groups excluding carboxylic acids is 4. The van der Waals surface area contributed by atoms with Crippen molar-refractivity contribution in [3.8, 4) is 23.0 Å². The Labute approximate surface area is 320 Å². The maximum atomic E-state index is 16.3. The Hall–Kier alpha value is -5.56. The van der Waals surface area contributed by atoms with Gasteiger partial charge in [-0.3, -0.25) is 9.59 Å². The summed E-state index contributed by atoms with van der Waals surface area (Å²) in [6, 6.07) is 0. The molecular formula is C41H40BrFO11. The normalized spacial score (nSPS) is 13.9. The molecule has 0 saturated carbocycles. The predicted molar refractivity (Wildman–Crippen MR) is 201 cm³/mol. The minimum atomic E-state index is -1.16. The molecule has 1 aliphatic rings. The van der Waals surface area contributed by atoms with E-state index in [2.05, 4.69) is 22.5 Å². The van der Waals surface area contributed by atoms with Crippen LogP contribution in [0.25, 0.3) is 6.08 Å². The number of hydrogen-bond donors (Lipinski definition) is 2. The maximum absolute atomic E-state index is 16.3. The van der Waals surface area contributed by atoms with E-state index in [9.17, 15) is 34.2 Å². The topological polar surface area (TPSA) is 163 Å². The Morgan fingerprint density at radius 3 is 1.91 bits per heavy atom. The van der Waals surface area contributed by atoms with E-state index in [0.717, 1.165) is 0 Å². The number of phenolic OH excluding ortho intramolecular Hbond substituents is 1. The number of esters is 3. The first-order valence-corrected chi connectivity index (χ1v) is 17.5. The number of ether oxygens (including phenoxy) is 4. The van der Waals surface area contributed by atoms with Crippen LogP contribution >= 0.6 is 15.9 Å². The molecule has 13 heteroatoms. The highest BCUT2D eigenvalue weighted by molar-refractivity contribution is 9.10. The number of aromatic carboxylic acids is 1. The van der Waals surface area contributed by atoms with Crippen molar-refractivity contribution in [3.63, 3.8) is 0 Å². The van der Waals surface area contributed by atoms with E-state index in [1.54, 1.807) is 34.6 Å². The van der Waals surface area contributed by atoms with Gasteiger partial charge in [0, 0.05) is 17.2 Å². The molecule has 54 heavy (non-hydrogen) atoms. The van der Waals surface area contributed by atoms with Gasteiger partial charge in [-0.2, -0.15) is 0 Å². The molecule has 4 rings (SSSR count). The van der Waals surface area contributed by atoms with E-state index in [1.165, 1.54) is 53.0 Å². The Balaban J connectivity index is 1.73. The van der Waals surface area contributed by atoms with Crippen molar-refractivity contribution >= 4 is 51.7 Å². The van der Waals surface area contributed by atoms with Crippen molar-refractivity contribution < 1.29 is 57.5 Å². The number of carbonyl (C=O) groups is 5. The van der Waals surface area contributed by atoms with Crippen LogP contribution in [0.2, 0.25) is 0 Å². The highest BCUT2D eigenvalue weighted by Crippen LogP contribution is 2.44. The van der Waals surface area contributed by atoms with Crippen molar-refractivity contribution in [2.45, 2.75) is 68.7 Å². The standard InChI is InChI=1S/C41H40BrFO11/c1-12-25-21(8)29(38(46)47)17(4)19(6)35(25)52-40(49)30-22(9)26(13-2)37(33(43)23(30)10)54-41(50)31-18(5)20(7)36(32(42)34(31)45)53-39(48)28-16(3)14-24(44)15-27(28)51-11/h13-15,28,45H,2,12H2,1,3-11H3,(H,46,47). The molecule has 1 unspecified atom stereocenters. The van der Waals surface area contributed by atoms with Gasteiger partial charge in [0.15, 0.2) is 23.1 Å². The number of benzene rings is 3. The molecule has 284 valence electrons. The van der Waals surface area contributed by atoms with E-state index in [4.69, 9.17) is 18.9 Å². The monoisotopic (exact) mass is 806 g/mol. The number of rotatable bonds is 10. The van der Waals surface area contributed by atoms with Crippen molar-refractivity contribution in [1.29, 1.82) is 0 Å². The zero-order chi connectivity index (χ0) is 40.7. The zero-order valence-corrected chi connectivity index (χ0v) is 33.1. The number of allylic oxidation sites excluding steroid dienone is 2. The summed E-state index contributed by atoms with van der Waals surface area (Å²) in [6.45, 7) is 17.8. The van der Waals surface area contributed by atoms with E-state index in [1.807, 2.05) is 0 Å². The second-order valence-corrected chi connectivity index (χ2v) is 13.7. The third-order valence-corrected chi connectivity index (χ3v) is 10.6. The van der Waals surface area contributed by atoms with E-state index in [-0.39, 0.29) is 72.0 Å². The van der Waals surface area contributed by atoms with Crippen LogP contribution in [0.5, 0.6) is 23.0 Å². The molecule has 3 aromatic carbocycles. The lowest BCUT2D eigenvalue weighted by Crippen LogP contribution is -2.28. The zero-order valence-electron chi connectivity index (χ0n) is 31.5. The van der Waals surface area contributed by atoms with Gasteiger partial charge in [0.05, 0.1) is 18.2 Å². The minimum Gasteiger partial charge on any atom is -0.506 e. The SMILES string of the molecule is C=Cc1c(C)c(C(=O)Oc2c(C)c(C)c(C(=O)O)c(C)c2CC)c(C)c(F)c1OC(=O)c1c(C)c(C)c(OC(=O)C2C(C)=CC(=O)C=C2OC)c(Br)c1O. The fourth-order valence-corrected chi connectivity index (χ4v) is 7.30. The summed E-state index contributed by atoms with van der Waals surface area (Å²) in [5, 5.41) is 21.0. The van der Waals surface area contributed by atoms with Crippen LogP contribution in [0.1, 0.15) is 95.0 Å². The second-order valence-electron chi connectivity index (χ2n) is 12.9. The highest BCUT2D eigenvalue weighted by atomic mass is 79.9. The summed E-state index contributed by atoms with van der Waals surface area (Å²) in [4.78, 5) is 64.8. The first-order chi connectivity index (χ1) is 25.2.